The minimum atomic E-state index is 0.250. The van der Waals surface area contributed by atoms with E-state index < -0.39 is 0 Å². The summed E-state index contributed by atoms with van der Waals surface area (Å²) in [5.74, 6) is 1.16. The van der Waals surface area contributed by atoms with Gasteiger partial charge in [-0.3, -0.25) is 4.79 Å². The molecule has 0 saturated heterocycles. The molecule has 1 N–H and O–H groups in total. The Morgan fingerprint density at radius 2 is 2.10 bits per heavy atom. The molecule has 2 heterocycles. The molecule has 100 valence electrons. The molecule has 4 rings (SSSR count). The number of rotatable bonds is 2. The Kier molecular flexibility index (Phi) is 2.67. The van der Waals surface area contributed by atoms with Gasteiger partial charge in [0.1, 0.15) is 10.8 Å². The van der Waals surface area contributed by atoms with Gasteiger partial charge in [-0.2, -0.15) is 0 Å². The van der Waals surface area contributed by atoms with E-state index in [-0.39, 0.29) is 5.78 Å². The number of aromatic amines is 1. The van der Waals surface area contributed by atoms with E-state index in [2.05, 4.69) is 15.0 Å². The molecule has 0 unspecified atom stereocenters. The zero-order chi connectivity index (χ0) is 13.5. The number of nitrogens with zero attached hydrogens (tertiary/aromatic N) is 2. The predicted molar refractivity (Wildman–Crippen MR) is 78.3 cm³/mol. The van der Waals surface area contributed by atoms with Gasteiger partial charge in [0.25, 0.3) is 0 Å². The SMILES string of the molecule is O=C1CCCc2nc(Cc3nc4ccccc4[nH]3)sc21. The monoisotopic (exact) mass is 283 g/mol. The number of carbonyl (C=O) groups is 1. The summed E-state index contributed by atoms with van der Waals surface area (Å²) < 4.78 is 0. The molecule has 1 aliphatic carbocycles. The van der Waals surface area contributed by atoms with E-state index in [1.807, 2.05) is 24.3 Å². The highest BCUT2D eigenvalue weighted by Gasteiger charge is 2.22. The lowest BCUT2D eigenvalue weighted by Gasteiger charge is -2.06. The van der Waals surface area contributed by atoms with Crippen molar-refractivity contribution in [1.82, 2.24) is 15.0 Å². The molecule has 1 aliphatic rings. The number of carbonyl (C=O) groups excluding carboxylic acids is 1. The fourth-order valence-electron chi connectivity index (χ4n) is 2.63. The molecule has 0 atom stereocenters. The van der Waals surface area contributed by atoms with Crippen LogP contribution >= 0.6 is 11.3 Å². The summed E-state index contributed by atoms with van der Waals surface area (Å²) in [6.45, 7) is 0. The Morgan fingerprint density at radius 1 is 1.20 bits per heavy atom. The normalized spacial score (nSPS) is 14.7. The van der Waals surface area contributed by atoms with Gasteiger partial charge in [0, 0.05) is 6.42 Å². The fraction of sp³-hybridized carbons (Fsp3) is 0.267. The average molecular weight is 283 g/mol. The smallest absolute Gasteiger partial charge is 0.174 e. The Labute approximate surface area is 119 Å². The molecule has 0 bridgehead atoms. The van der Waals surface area contributed by atoms with Crippen LogP contribution in [0.5, 0.6) is 0 Å². The van der Waals surface area contributed by atoms with Crippen molar-refractivity contribution in [2.45, 2.75) is 25.7 Å². The van der Waals surface area contributed by atoms with Gasteiger partial charge in [-0.25, -0.2) is 9.97 Å². The van der Waals surface area contributed by atoms with Crippen LogP contribution in [0.2, 0.25) is 0 Å². The number of imidazole rings is 1. The Balaban J connectivity index is 1.67. The largest absolute Gasteiger partial charge is 0.342 e. The van der Waals surface area contributed by atoms with E-state index in [4.69, 9.17) is 0 Å². The summed E-state index contributed by atoms with van der Waals surface area (Å²) >= 11 is 1.53. The zero-order valence-corrected chi connectivity index (χ0v) is 11.7. The highest BCUT2D eigenvalue weighted by atomic mass is 32.1. The number of aryl methyl sites for hydroxylation is 1. The molecular formula is C15H13N3OS. The number of aromatic nitrogens is 3. The van der Waals surface area contributed by atoms with Crippen LogP contribution in [-0.4, -0.2) is 20.7 Å². The quantitative estimate of drug-likeness (QED) is 0.786. The molecule has 4 nitrogen and oxygen atoms in total. The third-order valence-electron chi connectivity index (χ3n) is 3.57. The van der Waals surface area contributed by atoms with Crippen molar-refractivity contribution < 1.29 is 4.79 Å². The highest BCUT2D eigenvalue weighted by Crippen LogP contribution is 2.27. The van der Waals surface area contributed by atoms with Gasteiger partial charge in [0.15, 0.2) is 5.78 Å². The molecule has 3 aromatic rings. The van der Waals surface area contributed by atoms with Gasteiger partial charge < -0.3 is 4.98 Å². The summed E-state index contributed by atoms with van der Waals surface area (Å²) in [5, 5.41) is 0.976. The van der Waals surface area contributed by atoms with Crippen LogP contribution in [0.4, 0.5) is 0 Å². The molecule has 5 heteroatoms. The number of fused-ring (bicyclic) bond motifs is 2. The van der Waals surface area contributed by atoms with Gasteiger partial charge in [-0.05, 0) is 25.0 Å². The highest BCUT2D eigenvalue weighted by molar-refractivity contribution is 7.13. The molecule has 0 spiro atoms. The predicted octanol–water partition coefficient (Wildman–Crippen LogP) is 3.13. The summed E-state index contributed by atoms with van der Waals surface area (Å²) in [6, 6.07) is 7.98. The number of Topliss-reactive ketones (excluding diaryl/α,β-unsaturated/α-hetero) is 1. The number of ketones is 1. The lowest BCUT2D eigenvalue weighted by atomic mass is 10.0. The van der Waals surface area contributed by atoms with Gasteiger partial charge in [-0.15, -0.1) is 11.3 Å². The van der Waals surface area contributed by atoms with Crippen LogP contribution < -0.4 is 0 Å². The maximum Gasteiger partial charge on any atom is 0.174 e. The molecule has 0 radical (unpaired) electrons. The van der Waals surface area contributed by atoms with E-state index in [9.17, 15) is 4.79 Å². The maximum absolute atomic E-state index is 11.8. The van der Waals surface area contributed by atoms with Gasteiger partial charge in [0.05, 0.1) is 28.0 Å². The lowest BCUT2D eigenvalue weighted by Crippen LogP contribution is -2.07. The maximum atomic E-state index is 11.8. The first kappa shape index (κ1) is 11.8. The van der Waals surface area contributed by atoms with E-state index in [0.29, 0.717) is 12.8 Å². The first-order chi connectivity index (χ1) is 9.79. The molecule has 0 amide bonds. The minimum absolute atomic E-state index is 0.250. The molecular weight excluding hydrogens is 270 g/mol. The summed E-state index contributed by atoms with van der Waals surface area (Å²) in [7, 11) is 0. The third-order valence-corrected chi connectivity index (χ3v) is 4.71. The summed E-state index contributed by atoms with van der Waals surface area (Å²) in [4.78, 5) is 25.2. The molecule has 0 fully saturated rings. The first-order valence-electron chi connectivity index (χ1n) is 6.75. The van der Waals surface area contributed by atoms with Crippen LogP contribution in [0, 0.1) is 0 Å². The summed E-state index contributed by atoms with van der Waals surface area (Å²) in [6.07, 6.45) is 3.19. The lowest BCUT2D eigenvalue weighted by molar-refractivity contribution is 0.0976. The Hall–Kier alpha value is -2.01. The second-order valence-electron chi connectivity index (χ2n) is 5.04. The minimum Gasteiger partial charge on any atom is -0.342 e. The van der Waals surface area contributed by atoms with Crippen LogP contribution in [0.1, 0.15) is 39.0 Å². The number of thiazole rings is 1. The number of hydrogen-bond acceptors (Lipinski definition) is 4. The number of hydrogen-bond donors (Lipinski definition) is 1. The molecule has 0 aliphatic heterocycles. The van der Waals surface area contributed by atoms with Crippen molar-refractivity contribution in [3.63, 3.8) is 0 Å². The van der Waals surface area contributed by atoms with Crippen molar-refractivity contribution in [2.24, 2.45) is 0 Å². The number of nitrogens with one attached hydrogen (secondary N) is 1. The Bertz CT molecular complexity index is 769. The molecule has 20 heavy (non-hydrogen) atoms. The van der Waals surface area contributed by atoms with E-state index >= 15 is 0 Å². The zero-order valence-electron chi connectivity index (χ0n) is 10.8. The van der Waals surface area contributed by atoms with Crippen molar-refractivity contribution in [2.75, 3.05) is 0 Å². The molecule has 2 aromatic heterocycles. The Morgan fingerprint density at radius 3 is 2.95 bits per heavy atom. The van der Waals surface area contributed by atoms with Crippen LogP contribution in [-0.2, 0) is 12.8 Å². The van der Waals surface area contributed by atoms with Crippen molar-refractivity contribution in [1.29, 1.82) is 0 Å². The van der Waals surface area contributed by atoms with Gasteiger partial charge >= 0.3 is 0 Å². The van der Waals surface area contributed by atoms with Gasteiger partial charge in [-0.1, -0.05) is 12.1 Å². The van der Waals surface area contributed by atoms with E-state index in [0.717, 1.165) is 45.3 Å². The molecule has 0 saturated carbocycles. The summed E-state index contributed by atoms with van der Waals surface area (Å²) in [5.41, 5.74) is 3.00. The fourth-order valence-corrected chi connectivity index (χ4v) is 3.71. The van der Waals surface area contributed by atoms with Crippen molar-refractivity contribution in [3.05, 3.63) is 45.7 Å². The van der Waals surface area contributed by atoms with E-state index in [1.54, 1.807) is 0 Å². The average Bonchev–Trinajstić information content (AvgIpc) is 3.02. The first-order valence-corrected chi connectivity index (χ1v) is 7.56. The van der Waals surface area contributed by atoms with Crippen LogP contribution in [0.25, 0.3) is 11.0 Å². The standard InChI is InChI=1S/C15H13N3OS/c19-12-7-3-6-11-15(12)20-14(18-11)8-13-16-9-4-1-2-5-10(9)17-13/h1-2,4-5H,3,6-8H2,(H,16,17). The number of para-hydroxylation sites is 2. The third kappa shape index (κ3) is 1.94. The van der Waals surface area contributed by atoms with Crippen LogP contribution in [0.15, 0.2) is 24.3 Å². The second kappa shape index (κ2) is 4.52. The number of H-pyrrole nitrogens is 1. The van der Waals surface area contributed by atoms with Crippen molar-refractivity contribution >= 4 is 28.2 Å². The van der Waals surface area contributed by atoms with E-state index in [1.165, 1.54) is 11.3 Å². The van der Waals surface area contributed by atoms with Crippen molar-refractivity contribution in [3.8, 4) is 0 Å². The van der Waals surface area contributed by atoms with Crippen LogP contribution in [0.3, 0.4) is 0 Å². The second-order valence-corrected chi connectivity index (χ2v) is 6.12. The molecule has 1 aromatic carbocycles. The number of benzene rings is 1. The topological polar surface area (TPSA) is 58.6 Å². The van der Waals surface area contributed by atoms with Gasteiger partial charge in [0.2, 0.25) is 0 Å².